The first-order valence-corrected chi connectivity index (χ1v) is 8.21. The van der Waals surface area contributed by atoms with Gasteiger partial charge in [-0.2, -0.15) is 4.98 Å². The highest BCUT2D eigenvalue weighted by atomic mass is 35.5. The zero-order valence-corrected chi connectivity index (χ0v) is 15.1. The summed E-state index contributed by atoms with van der Waals surface area (Å²) in [5.41, 5.74) is 6.81. The van der Waals surface area contributed by atoms with Gasteiger partial charge in [0, 0.05) is 23.8 Å². The number of aromatic nitrogens is 2. The van der Waals surface area contributed by atoms with Crippen LogP contribution in [0.25, 0.3) is 11.4 Å². The maximum atomic E-state index is 12.1. The molecule has 3 N–H and O–H groups in total. The van der Waals surface area contributed by atoms with Gasteiger partial charge in [0.05, 0.1) is 12.6 Å². The van der Waals surface area contributed by atoms with Crippen molar-refractivity contribution >= 4 is 29.9 Å². The van der Waals surface area contributed by atoms with Gasteiger partial charge in [-0.3, -0.25) is 4.79 Å². The number of nitrogens with zero attached hydrogens (tertiary/aromatic N) is 2. The molecule has 0 saturated carbocycles. The molecule has 1 aromatic carbocycles. The van der Waals surface area contributed by atoms with Crippen molar-refractivity contribution in [2.45, 2.75) is 25.4 Å². The molecule has 2 heterocycles. The fourth-order valence-corrected chi connectivity index (χ4v) is 2.74. The Bertz CT molecular complexity index is 687. The number of rotatable bonds is 5. The van der Waals surface area contributed by atoms with Crippen molar-refractivity contribution < 1.29 is 14.1 Å². The van der Waals surface area contributed by atoms with Crippen molar-refractivity contribution in [3.05, 3.63) is 35.2 Å². The fraction of sp³-hybridized carbons (Fsp3) is 0.438. The van der Waals surface area contributed by atoms with Crippen LogP contribution >= 0.6 is 24.0 Å². The Morgan fingerprint density at radius 2 is 2.00 bits per heavy atom. The lowest BCUT2D eigenvalue weighted by atomic mass is 9.92. The van der Waals surface area contributed by atoms with E-state index in [1.165, 1.54) is 0 Å². The molecule has 1 aliphatic rings. The second-order valence-corrected chi connectivity index (χ2v) is 6.15. The predicted molar refractivity (Wildman–Crippen MR) is 95.4 cm³/mol. The van der Waals surface area contributed by atoms with Crippen molar-refractivity contribution in [3.8, 4) is 11.4 Å². The number of carbonyl (C=O) groups excluding carboxylic acids is 1. The Balaban J connectivity index is 0.00000225. The molecule has 1 atom stereocenters. The smallest absolute Gasteiger partial charge is 0.246 e. The van der Waals surface area contributed by atoms with Gasteiger partial charge in [-0.05, 0) is 43.0 Å². The summed E-state index contributed by atoms with van der Waals surface area (Å²) in [7, 11) is 0. The first-order valence-electron chi connectivity index (χ1n) is 7.83. The molecule has 9 heteroatoms. The number of halogens is 2. The molecule has 1 amide bonds. The van der Waals surface area contributed by atoms with Crippen molar-refractivity contribution in [2.24, 2.45) is 11.7 Å². The summed E-state index contributed by atoms with van der Waals surface area (Å²) in [6, 6.07) is 6.56. The molecule has 136 valence electrons. The fourth-order valence-electron chi connectivity index (χ4n) is 2.61. The van der Waals surface area contributed by atoms with E-state index >= 15 is 0 Å². The molecule has 1 saturated heterocycles. The van der Waals surface area contributed by atoms with Gasteiger partial charge in [0.2, 0.25) is 17.6 Å². The van der Waals surface area contributed by atoms with Crippen LogP contribution < -0.4 is 11.1 Å². The average Bonchev–Trinajstić information content (AvgIpc) is 3.09. The normalized spacial score (nSPS) is 16.1. The van der Waals surface area contributed by atoms with Gasteiger partial charge >= 0.3 is 0 Å². The summed E-state index contributed by atoms with van der Waals surface area (Å²) >= 11 is 5.85. The number of ether oxygens (including phenoxy) is 1. The molecular weight excluding hydrogens is 367 g/mol. The van der Waals surface area contributed by atoms with Crippen molar-refractivity contribution in [2.75, 3.05) is 13.2 Å². The van der Waals surface area contributed by atoms with E-state index < -0.39 is 6.04 Å². The minimum atomic E-state index is -0.549. The monoisotopic (exact) mass is 386 g/mol. The van der Waals surface area contributed by atoms with Crippen LogP contribution in [-0.4, -0.2) is 35.3 Å². The number of hydrogen-bond donors (Lipinski definition) is 2. The minimum Gasteiger partial charge on any atom is -0.381 e. The zero-order chi connectivity index (χ0) is 16.9. The second-order valence-electron chi connectivity index (χ2n) is 5.71. The van der Waals surface area contributed by atoms with E-state index in [0.29, 0.717) is 30.0 Å². The van der Waals surface area contributed by atoms with Crippen LogP contribution in [-0.2, 0) is 16.1 Å². The third-order valence-electron chi connectivity index (χ3n) is 4.06. The Hall–Kier alpha value is -1.67. The van der Waals surface area contributed by atoms with E-state index in [-0.39, 0.29) is 30.8 Å². The van der Waals surface area contributed by atoms with Gasteiger partial charge in [-0.25, -0.2) is 0 Å². The minimum absolute atomic E-state index is 0. The number of nitrogens with two attached hydrogens (primary N) is 1. The maximum Gasteiger partial charge on any atom is 0.246 e. The Labute approximate surface area is 156 Å². The average molecular weight is 387 g/mol. The molecule has 1 fully saturated rings. The molecule has 2 aromatic rings. The number of nitrogens with one attached hydrogen (secondary N) is 1. The lowest BCUT2D eigenvalue weighted by Gasteiger charge is -2.26. The summed E-state index contributed by atoms with van der Waals surface area (Å²) in [5.74, 6) is 0.705. The maximum absolute atomic E-state index is 12.1. The number of benzene rings is 1. The topological polar surface area (TPSA) is 103 Å². The molecule has 25 heavy (non-hydrogen) atoms. The highest BCUT2D eigenvalue weighted by Gasteiger charge is 2.26. The van der Waals surface area contributed by atoms with Gasteiger partial charge in [0.25, 0.3) is 0 Å². The highest BCUT2D eigenvalue weighted by molar-refractivity contribution is 6.30. The van der Waals surface area contributed by atoms with Crippen molar-refractivity contribution in [1.29, 1.82) is 0 Å². The Kier molecular flexibility index (Phi) is 7.19. The molecule has 0 aliphatic carbocycles. The van der Waals surface area contributed by atoms with Gasteiger partial charge in [0.1, 0.15) is 0 Å². The van der Waals surface area contributed by atoms with E-state index in [1.807, 2.05) is 0 Å². The number of amides is 1. The van der Waals surface area contributed by atoms with Gasteiger partial charge < -0.3 is 20.3 Å². The number of hydrogen-bond acceptors (Lipinski definition) is 6. The van der Waals surface area contributed by atoms with Crippen LogP contribution in [0.4, 0.5) is 0 Å². The summed E-state index contributed by atoms with van der Waals surface area (Å²) in [6.45, 7) is 1.45. The van der Waals surface area contributed by atoms with Crippen LogP contribution in [0.15, 0.2) is 28.8 Å². The van der Waals surface area contributed by atoms with E-state index in [9.17, 15) is 4.79 Å². The molecule has 1 aromatic heterocycles. The molecule has 0 spiro atoms. The lowest BCUT2D eigenvalue weighted by Crippen LogP contribution is -2.46. The van der Waals surface area contributed by atoms with Crippen LogP contribution in [0.3, 0.4) is 0 Å². The Morgan fingerprint density at radius 3 is 2.68 bits per heavy atom. The second kappa shape index (κ2) is 9.15. The third-order valence-corrected chi connectivity index (χ3v) is 4.31. The van der Waals surface area contributed by atoms with Crippen molar-refractivity contribution in [3.63, 3.8) is 0 Å². The largest absolute Gasteiger partial charge is 0.381 e. The van der Waals surface area contributed by atoms with E-state index in [1.54, 1.807) is 24.3 Å². The molecule has 0 bridgehead atoms. The van der Waals surface area contributed by atoms with E-state index in [2.05, 4.69) is 15.5 Å². The van der Waals surface area contributed by atoms with Gasteiger partial charge in [-0.15, -0.1) is 12.4 Å². The van der Waals surface area contributed by atoms with E-state index in [4.69, 9.17) is 26.6 Å². The van der Waals surface area contributed by atoms with Crippen LogP contribution in [0.5, 0.6) is 0 Å². The van der Waals surface area contributed by atoms with Crippen LogP contribution in [0.2, 0.25) is 5.02 Å². The summed E-state index contributed by atoms with van der Waals surface area (Å²) < 4.78 is 10.4. The van der Waals surface area contributed by atoms with Gasteiger partial charge in [0.15, 0.2) is 0 Å². The Morgan fingerprint density at radius 1 is 1.32 bits per heavy atom. The number of carbonyl (C=O) groups is 1. The molecule has 7 nitrogen and oxygen atoms in total. The standard InChI is InChI=1S/C16H19ClN4O3.ClH/c17-12-3-1-11(2-4-12)15-20-13(24-21-15)9-19-16(22)14(18)10-5-7-23-8-6-10;/h1-4,10,14H,5-9,18H2,(H,19,22);1H. The molecule has 0 radical (unpaired) electrons. The summed E-state index contributed by atoms with van der Waals surface area (Å²) in [5, 5.41) is 7.28. The molecular formula is C16H20Cl2N4O3. The predicted octanol–water partition coefficient (Wildman–Crippen LogP) is 2.18. The zero-order valence-electron chi connectivity index (χ0n) is 13.5. The highest BCUT2D eigenvalue weighted by Crippen LogP contribution is 2.19. The molecule has 3 rings (SSSR count). The van der Waals surface area contributed by atoms with Gasteiger partial charge in [-0.1, -0.05) is 16.8 Å². The van der Waals surface area contributed by atoms with Crippen molar-refractivity contribution in [1.82, 2.24) is 15.5 Å². The van der Waals surface area contributed by atoms with Crippen LogP contribution in [0, 0.1) is 5.92 Å². The molecule has 1 unspecified atom stereocenters. The summed E-state index contributed by atoms with van der Waals surface area (Å²) in [4.78, 5) is 16.4. The molecule has 1 aliphatic heterocycles. The first kappa shape index (κ1) is 19.7. The lowest BCUT2D eigenvalue weighted by molar-refractivity contribution is -0.124. The first-order chi connectivity index (χ1) is 11.6. The SMILES string of the molecule is Cl.NC(C(=O)NCc1nc(-c2ccc(Cl)cc2)no1)C1CCOCC1. The van der Waals surface area contributed by atoms with E-state index in [0.717, 1.165) is 18.4 Å². The summed E-state index contributed by atoms with van der Waals surface area (Å²) in [6.07, 6.45) is 1.60. The quantitative estimate of drug-likeness (QED) is 0.815. The third kappa shape index (κ3) is 5.15. The van der Waals surface area contributed by atoms with Crippen LogP contribution in [0.1, 0.15) is 18.7 Å².